The number of nitrogens with zero attached hydrogens (tertiary/aromatic N) is 17. The third-order valence-electron chi connectivity index (χ3n) is 20.9. The van der Waals surface area contributed by atoms with E-state index in [1.54, 1.807) is 6.20 Å². The number of fused-ring (bicyclic) bond motifs is 8. The molecule has 0 saturated carbocycles. The van der Waals surface area contributed by atoms with E-state index in [1.165, 1.54) is 0 Å². The summed E-state index contributed by atoms with van der Waals surface area (Å²) in [5.74, 6) is 3.34. The lowest BCUT2D eigenvalue weighted by molar-refractivity contribution is 0.312. The van der Waals surface area contributed by atoms with Crippen LogP contribution in [0.3, 0.4) is 0 Å². The van der Waals surface area contributed by atoms with Gasteiger partial charge in [0, 0.05) is 186 Å². The van der Waals surface area contributed by atoms with E-state index in [0.29, 0.717) is 91.9 Å². The van der Waals surface area contributed by atoms with Crippen molar-refractivity contribution in [3.8, 4) is 45.0 Å². The van der Waals surface area contributed by atoms with Crippen LogP contribution in [0.5, 0.6) is 0 Å². The van der Waals surface area contributed by atoms with E-state index in [0.717, 1.165) is 163 Å². The fraction of sp³-hybridized carbons (Fsp3) is 0.286. The Bertz CT molecular complexity index is 6460. The van der Waals surface area contributed by atoms with Crippen LogP contribution in [0.4, 0.5) is 23.3 Å². The van der Waals surface area contributed by atoms with Crippen molar-refractivity contribution < 1.29 is 17.7 Å². The van der Waals surface area contributed by atoms with Crippen molar-refractivity contribution in [3.05, 3.63) is 235 Å². The minimum atomic E-state index is -0.428. The molecule has 4 saturated heterocycles. The van der Waals surface area contributed by atoms with E-state index in [2.05, 4.69) is 115 Å². The van der Waals surface area contributed by atoms with Gasteiger partial charge >= 0.3 is 22.5 Å². The Balaban J connectivity index is 0.000000108. The van der Waals surface area contributed by atoms with Crippen molar-refractivity contribution in [2.75, 3.05) is 105 Å². The predicted octanol–water partition coefficient (Wildman–Crippen LogP) is 10.5. The largest absolute Gasteiger partial charge is 0.422 e. The second-order valence-electron chi connectivity index (χ2n) is 29.7. The Morgan fingerprint density at radius 1 is 0.402 bits per heavy atom. The zero-order valence-corrected chi connectivity index (χ0v) is 63.4. The third-order valence-corrected chi connectivity index (χ3v) is 20.9. The average Bonchev–Trinajstić information content (AvgIpc) is 1.44. The first-order chi connectivity index (χ1) is 54.3. The monoisotopic (exact) mass is 1500 g/mol. The van der Waals surface area contributed by atoms with Crippen molar-refractivity contribution in [1.82, 2.24) is 78.3 Å². The number of likely N-dealkylation sites (N-methyl/N-ethyl adjacent to an activating group) is 1. The van der Waals surface area contributed by atoms with Crippen LogP contribution in [0.1, 0.15) is 44.4 Å². The Morgan fingerprint density at radius 3 is 1.36 bits per heavy atom. The second kappa shape index (κ2) is 30.2. The smallest absolute Gasteiger partial charge is 0.347 e. The molecular formula is C84H84N20O8. The number of hydrogen-bond acceptors (Lipinski definition) is 24. The summed E-state index contributed by atoms with van der Waals surface area (Å²) in [6.45, 7) is 25.6. The van der Waals surface area contributed by atoms with Gasteiger partial charge in [-0.3, -0.25) is 0 Å². The highest BCUT2D eigenvalue weighted by molar-refractivity contribution is 5.85. The number of anilines is 4. The van der Waals surface area contributed by atoms with Gasteiger partial charge in [-0.15, -0.1) is 0 Å². The molecule has 4 aliphatic heterocycles. The lowest BCUT2D eigenvalue weighted by Crippen LogP contribution is -2.54. The van der Waals surface area contributed by atoms with Gasteiger partial charge in [0.05, 0.1) is 45.0 Å². The summed E-state index contributed by atoms with van der Waals surface area (Å²) >= 11 is 0. The maximum Gasteiger partial charge on any atom is 0.347 e. The number of hydrogen-bond donors (Lipinski definition) is 3. The molecule has 0 aromatic carbocycles. The molecule has 4 aliphatic rings. The highest BCUT2D eigenvalue weighted by atomic mass is 16.4. The molecule has 0 spiro atoms. The number of imidazole rings is 4. The summed E-state index contributed by atoms with van der Waals surface area (Å²) < 4.78 is 29.9. The normalized spacial score (nSPS) is 17.7. The molecule has 112 heavy (non-hydrogen) atoms. The van der Waals surface area contributed by atoms with Crippen LogP contribution < -0.4 is 58.1 Å². The number of aryl methyl sites for hydroxylation is 3. The van der Waals surface area contributed by atoms with E-state index >= 15 is 0 Å². The summed E-state index contributed by atoms with van der Waals surface area (Å²) in [6, 6.07) is 40.1. The van der Waals surface area contributed by atoms with Crippen LogP contribution in [0.25, 0.3) is 112 Å². The van der Waals surface area contributed by atoms with Crippen molar-refractivity contribution in [1.29, 1.82) is 0 Å². The van der Waals surface area contributed by atoms with E-state index in [9.17, 15) is 19.2 Å². The van der Waals surface area contributed by atoms with E-state index in [1.807, 2.05) is 209 Å². The molecule has 28 heteroatoms. The highest BCUT2D eigenvalue weighted by Crippen LogP contribution is 2.30. The van der Waals surface area contributed by atoms with Crippen molar-refractivity contribution in [3.63, 3.8) is 0 Å². The zero-order valence-electron chi connectivity index (χ0n) is 63.4. The van der Waals surface area contributed by atoms with E-state index < -0.39 is 16.9 Å². The van der Waals surface area contributed by atoms with Gasteiger partial charge in [0.2, 0.25) is 17.1 Å². The summed E-state index contributed by atoms with van der Waals surface area (Å²) in [6.07, 6.45) is 16.9. The number of piperazine rings is 4. The number of pyridine rings is 8. The Morgan fingerprint density at radius 2 is 0.857 bits per heavy atom. The first-order valence-corrected chi connectivity index (χ1v) is 37.8. The molecule has 3 N–H and O–H groups in total. The first-order valence-electron chi connectivity index (χ1n) is 37.8. The van der Waals surface area contributed by atoms with Crippen LogP contribution in [-0.2, 0) is 0 Å². The number of aromatic nitrogens is 12. The van der Waals surface area contributed by atoms with Crippen molar-refractivity contribution in [2.24, 2.45) is 0 Å². The Hall–Kier alpha value is -12.8. The average molecular weight is 1500 g/mol. The zero-order chi connectivity index (χ0) is 77.0. The standard InChI is InChI=1S/4C21H21N5O2/c1-14-3-4-26-13-17(23-20(26)9-14)16-10-15-12-22-19(11-18(15)28-21(16)27)25-7-5-24(2)6-8-25;1-13-5-7-25-12-17(23-19(25)9-13)16-10-15-3-4-18(24-20(15)28-21(16)27)26-8-6-22-14(2)11-26;1-13-5-7-25-12-17(23-19(25)9-13)16-10-15-3-4-18(24-20(15)28-21(16)27)26-8-6-22-11-14(26)2;1-13-10-26(11-14(2)22-13)19-7-6-15-9-16(21(27)28-20(15)24-19)17-12-25-8-4-3-5-18(25)23-17/h3-4,9-13H,5-8H2,1-2H3;2*3-5,7,9-10,12,14,22H,6,8,11H2,1-2H3;3-9,12-14,22H,10-11H2,1-2H3/t;2*14-;13-,14+/m.00./s1. The fourth-order valence-corrected chi connectivity index (χ4v) is 14.9. The van der Waals surface area contributed by atoms with Crippen molar-refractivity contribution >= 4 is 90.1 Å². The van der Waals surface area contributed by atoms with Gasteiger partial charge in [-0.05, 0) is 181 Å². The lowest BCUT2D eigenvalue weighted by Gasteiger charge is -2.36. The maximum absolute atomic E-state index is 12.7. The molecular weight excluding hydrogens is 1420 g/mol. The van der Waals surface area contributed by atoms with Gasteiger partial charge in [-0.1, -0.05) is 6.07 Å². The van der Waals surface area contributed by atoms with Gasteiger partial charge < -0.3 is 75.7 Å². The molecule has 4 fully saturated rings. The van der Waals surface area contributed by atoms with Crippen LogP contribution >= 0.6 is 0 Å². The summed E-state index contributed by atoms with van der Waals surface area (Å²) in [7, 11) is 2.12. The molecule has 16 aromatic heterocycles. The molecule has 0 unspecified atom stereocenters. The maximum atomic E-state index is 12.7. The quantitative estimate of drug-likeness (QED) is 0.127. The minimum Gasteiger partial charge on any atom is -0.422 e. The van der Waals surface area contributed by atoms with Gasteiger partial charge in [-0.25, -0.2) is 44.1 Å². The lowest BCUT2D eigenvalue weighted by atomic mass is 10.1. The molecule has 0 bridgehead atoms. The molecule has 4 atom stereocenters. The van der Waals surface area contributed by atoms with Gasteiger partial charge in [0.1, 0.15) is 51.4 Å². The fourth-order valence-electron chi connectivity index (χ4n) is 14.9. The van der Waals surface area contributed by atoms with Gasteiger partial charge in [0.15, 0.2) is 0 Å². The predicted molar refractivity (Wildman–Crippen MR) is 435 cm³/mol. The summed E-state index contributed by atoms with van der Waals surface area (Å²) in [5.41, 5.74) is 10.7. The van der Waals surface area contributed by atoms with Crippen LogP contribution in [-0.4, -0.2) is 172 Å². The topological polar surface area (TPSA) is 294 Å². The van der Waals surface area contributed by atoms with Gasteiger partial charge in [-0.2, -0.15) is 15.0 Å². The number of nitrogens with one attached hydrogen (secondary N) is 3. The van der Waals surface area contributed by atoms with Crippen LogP contribution in [0.15, 0.2) is 214 Å². The molecule has 568 valence electrons. The molecule has 28 nitrogen and oxygen atoms in total. The van der Waals surface area contributed by atoms with E-state index in [4.69, 9.17) is 17.7 Å². The minimum absolute atomic E-state index is 0.339. The third kappa shape index (κ3) is 15.1. The second-order valence-corrected chi connectivity index (χ2v) is 29.7. The summed E-state index contributed by atoms with van der Waals surface area (Å²) in [4.78, 5) is 98.4. The number of rotatable bonds is 8. The molecule has 0 amide bonds. The summed E-state index contributed by atoms with van der Waals surface area (Å²) in [5, 5.41) is 13.4. The molecule has 20 rings (SSSR count). The Labute approximate surface area is 641 Å². The molecule has 20 heterocycles. The Kier molecular flexibility index (Phi) is 19.5. The van der Waals surface area contributed by atoms with Crippen LogP contribution in [0.2, 0.25) is 0 Å². The van der Waals surface area contributed by atoms with Crippen LogP contribution in [0, 0.1) is 20.8 Å². The highest BCUT2D eigenvalue weighted by Gasteiger charge is 2.26. The first kappa shape index (κ1) is 72.1. The van der Waals surface area contributed by atoms with Crippen molar-refractivity contribution in [2.45, 2.75) is 72.6 Å². The molecule has 16 aromatic rings. The van der Waals surface area contributed by atoms with E-state index in [-0.39, 0.29) is 5.63 Å². The SMILES string of the molecule is C[C@@H]1CN(c2ccc3cc(-c4cn5ccccc5n4)c(=O)oc3n2)C[C@H](C)N1.Cc1ccn2cc(-c3cc4ccc(N5CCNC[C@@H]5C)nc4oc3=O)nc2c1.Cc1ccn2cc(-c3cc4ccc(N5CCN[C@@H](C)C5)nc4oc3=O)nc2c1.Cc1ccn2cc(-c3cc4cnc(N5CCN(C)CC5)cc4oc3=O)nc2c1. The van der Waals surface area contributed by atoms with Gasteiger partial charge in [0.25, 0.3) is 0 Å². The molecule has 0 aliphatic carbocycles. The molecule has 0 radical (unpaired) electrons.